The SMILES string of the molecule is CCc1c(C(=O)NCC2(CCO)CCCCC2)cnn1CC(C)C. The topological polar surface area (TPSA) is 67.2 Å². The van der Waals surface area contributed by atoms with E-state index in [9.17, 15) is 9.90 Å². The van der Waals surface area contributed by atoms with E-state index in [1.54, 1.807) is 6.20 Å². The average molecular weight is 335 g/mol. The van der Waals surface area contributed by atoms with E-state index in [1.807, 2.05) is 4.68 Å². The average Bonchev–Trinajstić information content (AvgIpc) is 2.96. The molecule has 0 bridgehead atoms. The Hall–Kier alpha value is -1.36. The molecule has 2 rings (SSSR count). The molecule has 1 amide bonds. The molecule has 1 saturated carbocycles. The molecule has 136 valence electrons. The van der Waals surface area contributed by atoms with Gasteiger partial charge in [-0.25, -0.2) is 0 Å². The van der Waals surface area contributed by atoms with Crippen molar-refractivity contribution in [2.45, 2.75) is 72.3 Å². The van der Waals surface area contributed by atoms with Crippen LogP contribution in [0, 0.1) is 11.3 Å². The summed E-state index contributed by atoms with van der Waals surface area (Å²) in [5, 5.41) is 17.0. The predicted octanol–water partition coefficient (Wildman–Crippen LogP) is 3.16. The fraction of sp³-hybridized carbons (Fsp3) is 0.789. The summed E-state index contributed by atoms with van der Waals surface area (Å²) in [5.41, 5.74) is 1.79. The molecule has 1 heterocycles. The lowest BCUT2D eigenvalue weighted by Crippen LogP contribution is -2.39. The maximum absolute atomic E-state index is 12.7. The minimum Gasteiger partial charge on any atom is -0.396 e. The van der Waals surface area contributed by atoms with Gasteiger partial charge < -0.3 is 10.4 Å². The first kappa shape index (κ1) is 19.0. The van der Waals surface area contributed by atoms with E-state index in [0.717, 1.165) is 37.9 Å². The summed E-state index contributed by atoms with van der Waals surface area (Å²) in [4.78, 5) is 12.7. The Bertz CT molecular complexity index is 525. The standard InChI is InChI=1S/C19H33N3O2/c1-4-17-16(12-21-22(17)13-15(2)3)18(24)20-14-19(10-11-23)8-6-5-7-9-19/h12,15,23H,4-11,13-14H2,1-3H3,(H,20,24). The minimum absolute atomic E-state index is 0.0234. The van der Waals surface area contributed by atoms with Gasteiger partial charge in [0.05, 0.1) is 17.5 Å². The number of aliphatic hydroxyl groups excluding tert-OH is 1. The van der Waals surface area contributed by atoms with Crippen LogP contribution in [0.4, 0.5) is 0 Å². The third-order valence-corrected chi connectivity index (χ3v) is 5.25. The van der Waals surface area contributed by atoms with Crippen LogP contribution in [-0.4, -0.2) is 33.9 Å². The van der Waals surface area contributed by atoms with E-state index in [1.165, 1.54) is 19.3 Å². The fourth-order valence-electron chi connectivity index (χ4n) is 3.89. The molecule has 0 saturated heterocycles. The van der Waals surface area contributed by atoms with Crippen LogP contribution in [0.2, 0.25) is 0 Å². The first-order chi connectivity index (χ1) is 11.5. The van der Waals surface area contributed by atoms with Crippen LogP contribution in [0.3, 0.4) is 0 Å². The van der Waals surface area contributed by atoms with Crippen molar-refractivity contribution >= 4 is 5.91 Å². The molecule has 0 unspecified atom stereocenters. The molecule has 1 fully saturated rings. The van der Waals surface area contributed by atoms with Crippen molar-refractivity contribution in [3.8, 4) is 0 Å². The van der Waals surface area contributed by atoms with Crippen molar-refractivity contribution in [2.75, 3.05) is 13.2 Å². The number of nitrogens with one attached hydrogen (secondary N) is 1. The smallest absolute Gasteiger partial charge is 0.254 e. The zero-order valence-electron chi connectivity index (χ0n) is 15.5. The first-order valence-corrected chi connectivity index (χ1v) is 9.45. The van der Waals surface area contributed by atoms with Crippen LogP contribution in [0.1, 0.15) is 75.3 Å². The van der Waals surface area contributed by atoms with E-state index in [-0.39, 0.29) is 17.9 Å². The minimum atomic E-state index is -0.0234. The lowest BCUT2D eigenvalue weighted by atomic mass is 9.72. The molecule has 1 aliphatic rings. The van der Waals surface area contributed by atoms with Crippen LogP contribution in [0.15, 0.2) is 6.20 Å². The summed E-state index contributed by atoms with van der Waals surface area (Å²) >= 11 is 0. The summed E-state index contributed by atoms with van der Waals surface area (Å²) in [6.07, 6.45) is 9.14. The van der Waals surface area contributed by atoms with Crippen LogP contribution in [0.25, 0.3) is 0 Å². The number of carbonyl (C=O) groups is 1. The van der Waals surface area contributed by atoms with Crippen molar-refractivity contribution < 1.29 is 9.90 Å². The number of rotatable bonds is 8. The summed E-state index contributed by atoms with van der Waals surface area (Å²) in [5.74, 6) is 0.478. The van der Waals surface area contributed by atoms with E-state index in [4.69, 9.17) is 0 Å². The maximum Gasteiger partial charge on any atom is 0.254 e. The number of aliphatic hydroxyl groups is 1. The van der Waals surface area contributed by atoms with Gasteiger partial charge in [-0.05, 0) is 37.0 Å². The van der Waals surface area contributed by atoms with Gasteiger partial charge in [0.15, 0.2) is 0 Å². The number of amides is 1. The summed E-state index contributed by atoms with van der Waals surface area (Å²) in [6, 6.07) is 0. The Balaban J connectivity index is 2.05. The zero-order valence-corrected chi connectivity index (χ0v) is 15.5. The third-order valence-electron chi connectivity index (χ3n) is 5.25. The molecule has 5 nitrogen and oxygen atoms in total. The highest BCUT2D eigenvalue weighted by atomic mass is 16.3. The van der Waals surface area contributed by atoms with Gasteiger partial charge in [0.2, 0.25) is 0 Å². The lowest BCUT2D eigenvalue weighted by molar-refractivity contribution is 0.0868. The molecule has 0 spiro atoms. The van der Waals surface area contributed by atoms with E-state index < -0.39 is 0 Å². The highest BCUT2D eigenvalue weighted by Gasteiger charge is 2.32. The van der Waals surface area contributed by atoms with Crippen LogP contribution in [0.5, 0.6) is 0 Å². The molecule has 5 heteroatoms. The highest BCUT2D eigenvalue weighted by molar-refractivity contribution is 5.95. The van der Waals surface area contributed by atoms with Crippen molar-refractivity contribution in [2.24, 2.45) is 11.3 Å². The van der Waals surface area contributed by atoms with Gasteiger partial charge in [0, 0.05) is 19.7 Å². The molecule has 24 heavy (non-hydrogen) atoms. The summed E-state index contributed by atoms with van der Waals surface area (Å²) in [7, 11) is 0. The Morgan fingerprint density at radius 2 is 2.08 bits per heavy atom. The molecule has 1 aromatic rings. The largest absolute Gasteiger partial charge is 0.396 e. The second-order valence-corrected chi connectivity index (χ2v) is 7.65. The number of hydrogen-bond donors (Lipinski definition) is 2. The quantitative estimate of drug-likeness (QED) is 0.767. The molecule has 0 radical (unpaired) electrons. The second kappa shape index (κ2) is 8.65. The van der Waals surface area contributed by atoms with E-state index in [2.05, 4.69) is 31.2 Å². The number of nitrogens with zero attached hydrogens (tertiary/aromatic N) is 2. The van der Waals surface area contributed by atoms with E-state index >= 15 is 0 Å². The Kier molecular flexibility index (Phi) is 6.84. The number of carbonyl (C=O) groups excluding carboxylic acids is 1. The Morgan fingerprint density at radius 1 is 1.38 bits per heavy atom. The van der Waals surface area contributed by atoms with Crippen LogP contribution >= 0.6 is 0 Å². The zero-order chi connectivity index (χ0) is 17.6. The number of aromatic nitrogens is 2. The molecule has 1 aromatic heterocycles. The second-order valence-electron chi connectivity index (χ2n) is 7.65. The number of hydrogen-bond acceptors (Lipinski definition) is 3. The van der Waals surface area contributed by atoms with Gasteiger partial charge in [-0.15, -0.1) is 0 Å². The molecule has 2 N–H and O–H groups in total. The highest BCUT2D eigenvalue weighted by Crippen LogP contribution is 2.38. The normalized spacial score (nSPS) is 17.2. The predicted molar refractivity (Wildman–Crippen MR) is 96.0 cm³/mol. The van der Waals surface area contributed by atoms with Gasteiger partial charge in [-0.1, -0.05) is 40.0 Å². The molecule has 0 aromatic carbocycles. The lowest BCUT2D eigenvalue weighted by Gasteiger charge is -2.37. The van der Waals surface area contributed by atoms with Gasteiger partial charge >= 0.3 is 0 Å². The van der Waals surface area contributed by atoms with Crippen molar-refractivity contribution in [3.05, 3.63) is 17.5 Å². The third kappa shape index (κ3) is 4.59. The molecular weight excluding hydrogens is 302 g/mol. The first-order valence-electron chi connectivity index (χ1n) is 9.45. The van der Waals surface area contributed by atoms with Gasteiger partial charge in [-0.3, -0.25) is 9.48 Å². The van der Waals surface area contributed by atoms with Gasteiger partial charge in [0.25, 0.3) is 5.91 Å². The van der Waals surface area contributed by atoms with Gasteiger partial charge in [-0.2, -0.15) is 5.10 Å². The fourth-order valence-corrected chi connectivity index (χ4v) is 3.89. The maximum atomic E-state index is 12.7. The Morgan fingerprint density at radius 3 is 2.67 bits per heavy atom. The van der Waals surface area contributed by atoms with Crippen molar-refractivity contribution in [1.82, 2.24) is 15.1 Å². The van der Waals surface area contributed by atoms with Crippen molar-refractivity contribution in [3.63, 3.8) is 0 Å². The van der Waals surface area contributed by atoms with Gasteiger partial charge in [0.1, 0.15) is 0 Å². The molecule has 0 aliphatic heterocycles. The monoisotopic (exact) mass is 335 g/mol. The van der Waals surface area contributed by atoms with Crippen LogP contribution in [-0.2, 0) is 13.0 Å². The summed E-state index contributed by atoms with van der Waals surface area (Å²) in [6.45, 7) is 8.07. The van der Waals surface area contributed by atoms with Crippen molar-refractivity contribution in [1.29, 1.82) is 0 Å². The Labute approximate surface area is 145 Å². The van der Waals surface area contributed by atoms with Crippen LogP contribution < -0.4 is 5.32 Å². The molecule has 0 atom stereocenters. The van der Waals surface area contributed by atoms with E-state index in [0.29, 0.717) is 18.0 Å². The molecular formula is C19H33N3O2. The summed E-state index contributed by atoms with van der Waals surface area (Å²) < 4.78 is 1.96. The molecule has 1 aliphatic carbocycles.